The zero-order chi connectivity index (χ0) is 12.5. The molecule has 1 N–H and O–H groups in total. The molecule has 3 heteroatoms. The van der Waals surface area contributed by atoms with Crippen molar-refractivity contribution in [3.63, 3.8) is 0 Å². The van der Waals surface area contributed by atoms with Crippen molar-refractivity contribution < 1.29 is 9.63 Å². The number of aliphatic hydroxyl groups excluding tert-OH is 1. The lowest BCUT2D eigenvalue weighted by molar-refractivity contribution is 0.278. The van der Waals surface area contributed by atoms with E-state index in [9.17, 15) is 5.11 Å². The number of rotatable bonds is 2. The van der Waals surface area contributed by atoms with Crippen LogP contribution in [0.3, 0.4) is 0 Å². The van der Waals surface area contributed by atoms with Crippen LogP contribution in [-0.2, 0) is 6.61 Å². The summed E-state index contributed by atoms with van der Waals surface area (Å²) < 4.78 is 5.14. The standard InChI is InChI=1S/C15H13NO2/c1-10-14(9-17)15(16-18-10)13-7-6-11-4-2-3-5-12(11)8-13/h2-8,17H,9H2,1H3. The number of nitrogens with zero attached hydrogens (tertiary/aromatic N) is 1. The highest BCUT2D eigenvalue weighted by molar-refractivity contribution is 5.87. The lowest BCUT2D eigenvalue weighted by Gasteiger charge is -2.02. The maximum atomic E-state index is 9.36. The van der Waals surface area contributed by atoms with Gasteiger partial charge in [-0.25, -0.2) is 0 Å². The van der Waals surface area contributed by atoms with Gasteiger partial charge in [-0.15, -0.1) is 0 Å². The first-order valence-electron chi connectivity index (χ1n) is 5.85. The first kappa shape index (κ1) is 11.0. The second-order valence-electron chi connectivity index (χ2n) is 4.29. The third-order valence-electron chi connectivity index (χ3n) is 3.17. The number of fused-ring (bicyclic) bond motifs is 1. The summed E-state index contributed by atoms with van der Waals surface area (Å²) in [5.74, 6) is 0.667. The predicted octanol–water partition coefficient (Wildman–Crippen LogP) is 3.30. The van der Waals surface area contributed by atoms with Crippen molar-refractivity contribution in [3.8, 4) is 11.3 Å². The summed E-state index contributed by atoms with van der Waals surface area (Å²) in [7, 11) is 0. The Bertz CT molecular complexity index is 701. The Morgan fingerprint density at radius 3 is 2.67 bits per heavy atom. The average Bonchev–Trinajstić information content (AvgIpc) is 2.79. The van der Waals surface area contributed by atoms with E-state index in [1.807, 2.05) is 25.1 Å². The van der Waals surface area contributed by atoms with Gasteiger partial charge in [0.2, 0.25) is 0 Å². The quantitative estimate of drug-likeness (QED) is 0.746. The largest absolute Gasteiger partial charge is 0.391 e. The maximum Gasteiger partial charge on any atom is 0.139 e. The smallest absolute Gasteiger partial charge is 0.139 e. The van der Waals surface area contributed by atoms with Crippen LogP contribution in [0.1, 0.15) is 11.3 Å². The average molecular weight is 239 g/mol. The highest BCUT2D eigenvalue weighted by atomic mass is 16.5. The van der Waals surface area contributed by atoms with E-state index in [2.05, 4.69) is 29.4 Å². The van der Waals surface area contributed by atoms with Gasteiger partial charge in [0.25, 0.3) is 0 Å². The molecule has 1 aromatic heterocycles. The van der Waals surface area contributed by atoms with Gasteiger partial charge in [0.1, 0.15) is 11.5 Å². The van der Waals surface area contributed by atoms with Crippen LogP contribution in [0.5, 0.6) is 0 Å². The molecule has 0 unspecified atom stereocenters. The van der Waals surface area contributed by atoms with E-state index in [1.165, 1.54) is 5.39 Å². The Kier molecular flexibility index (Phi) is 2.61. The highest BCUT2D eigenvalue weighted by Crippen LogP contribution is 2.28. The maximum absolute atomic E-state index is 9.36. The fraction of sp³-hybridized carbons (Fsp3) is 0.133. The minimum absolute atomic E-state index is 0.0580. The minimum atomic E-state index is -0.0580. The van der Waals surface area contributed by atoms with E-state index in [0.29, 0.717) is 5.76 Å². The number of benzene rings is 2. The minimum Gasteiger partial charge on any atom is -0.391 e. The van der Waals surface area contributed by atoms with E-state index in [-0.39, 0.29) is 6.61 Å². The summed E-state index contributed by atoms with van der Waals surface area (Å²) in [6, 6.07) is 14.3. The second-order valence-corrected chi connectivity index (χ2v) is 4.29. The van der Waals surface area contributed by atoms with Crippen LogP contribution < -0.4 is 0 Å². The summed E-state index contributed by atoms with van der Waals surface area (Å²) in [5, 5.41) is 15.7. The molecule has 0 atom stereocenters. The molecule has 0 bridgehead atoms. The highest BCUT2D eigenvalue weighted by Gasteiger charge is 2.13. The van der Waals surface area contributed by atoms with Crippen LogP contribution in [-0.4, -0.2) is 10.3 Å². The van der Waals surface area contributed by atoms with Crippen LogP contribution in [0.2, 0.25) is 0 Å². The van der Waals surface area contributed by atoms with Gasteiger partial charge in [0.15, 0.2) is 0 Å². The SMILES string of the molecule is Cc1onc(-c2ccc3ccccc3c2)c1CO. The molecule has 3 rings (SSSR count). The molecule has 0 spiro atoms. The number of aryl methyl sites for hydroxylation is 1. The zero-order valence-electron chi connectivity index (χ0n) is 10.1. The normalized spacial score (nSPS) is 11.0. The summed E-state index contributed by atoms with van der Waals surface area (Å²) >= 11 is 0. The van der Waals surface area contributed by atoms with E-state index < -0.39 is 0 Å². The van der Waals surface area contributed by atoms with Crippen LogP contribution in [0, 0.1) is 6.92 Å². The molecule has 1 heterocycles. The van der Waals surface area contributed by atoms with Crippen molar-refractivity contribution in [3.05, 3.63) is 53.8 Å². The summed E-state index contributed by atoms with van der Waals surface area (Å²) in [6.45, 7) is 1.75. The Morgan fingerprint density at radius 2 is 1.89 bits per heavy atom. The summed E-state index contributed by atoms with van der Waals surface area (Å²) in [4.78, 5) is 0. The molecule has 3 nitrogen and oxygen atoms in total. The Morgan fingerprint density at radius 1 is 1.11 bits per heavy atom. The number of aromatic nitrogens is 1. The molecule has 0 fully saturated rings. The Labute approximate surface area is 105 Å². The van der Waals surface area contributed by atoms with Gasteiger partial charge >= 0.3 is 0 Å². The predicted molar refractivity (Wildman–Crippen MR) is 70.1 cm³/mol. The van der Waals surface area contributed by atoms with Crippen LogP contribution in [0.25, 0.3) is 22.0 Å². The fourth-order valence-corrected chi connectivity index (χ4v) is 2.14. The fourth-order valence-electron chi connectivity index (χ4n) is 2.14. The van der Waals surface area contributed by atoms with Crippen molar-refractivity contribution >= 4 is 10.8 Å². The number of hydrogen-bond donors (Lipinski definition) is 1. The first-order chi connectivity index (χ1) is 8.79. The van der Waals surface area contributed by atoms with Crippen molar-refractivity contribution in [1.82, 2.24) is 5.16 Å². The molecular weight excluding hydrogens is 226 g/mol. The molecule has 0 aliphatic carbocycles. The lowest BCUT2D eigenvalue weighted by atomic mass is 10.0. The molecule has 0 saturated carbocycles. The third kappa shape index (κ3) is 1.69. The lowest BCUT2D eigenvalue weighted by Crippen LogP contribution is -1.88. The molecule has 2 aromatic carbocycles. The summed E-state index contributed by atoms with van der Waals surface area (Å²) in [6.07, 6.45) is 0. The van der Waals surface area contributed by atoms with Gasteiger partial charge in [-0.2, -0.15) is 0 Å². The van der Waals surface area contributed by atoms with Crippen molar-refractivity contribution in [1.29, 1.82) is 0 Å². The van der Waals surface area contributed by atoms with Crippen LogP contribution in [0.15, 0.2) is 47.0 Å². The van der Waals surface area contributed by atoms with Gasteiger partial charge in [0.05, 0.1) is 6.61 Å². The molecule has 0 saturated heterocycles. The number of aliphatic hydroxyl groups is 1. The van der Waals surface area contributed by atoms with E-state index in [1.54, 1.807) is 0 Å². The molecule has 3 aromatic rings. The second kappa shape index (κ2) is 4.27. The van der Waals surface area contributed by atoms with Crippen LogP contribution >= 0.6 is 0 Å². The number of hydrogen-bond acceptors (Lipinski definition) is 3. The Balaban J connectivity index is 2.19. The molecule has 0 aliphatic rings. The molecule has 90 valence electrons. The zero-order valence-corrected chi connectivity index (χ0v) is 10.1. The van der Waals surface area contributed by atoms with Crippen LogP contribution in [0.4, 0.5) is 0 Å². The van der Waals surface area contributed by atoms with E-state index in [4.69, 9.17) is 4.52 Å². The van der Waals surface area contributed by atoms with Gasteiger partial charge in [-0.05, 0) is 23.8 Å². The Hall–Kier alpha value is -2.13. The summed E-state index contributed by atoms with van der Waals surface area (Å²) in [5.41, 5.74) is 2.45. The molecule has 0 aliphatic heterocycles. The van der Waals surface area contributed by atoms with Crippen molar-refractivity contribution in [2.45, 2.75) is 13.5 Å². The molecule has 0 amide bonds. The first-order valence-corrected chi connectivity index (χ1v) is 5.85. The van der Waals surface area contributed by atoms with Gasteiger partial charge in [-0.1, -0.05) is 41.6 Å². The van der Waals surface area contributed by atoms with Gasteiger partial charge < -0.3 is 9.63 Å². The molecule has 0 radical (unpaired) electrons. The third-order valence-corrected chi connectivity index (χ3v) is 3.17. The van der Waals surface area contributed by atoms with Gasteiger partial charge in [-0.3, -0.25) is 0 Å². The van der Waals surface area contributed by atoms with Crippen molar-refractivity contribution in [2.75, 3.05) is 0 Å². The monoisotopic (exact) mass is 239 g/mol. The van der Waals surface area contributed by atoms with Crippen molar-refractivity contribution in [2.24, 2.45) is 0 Å². The molecule has 18 heavy (non-hydrogen) atoms. The van der Waals surface area contributed by atoms with E-state index >= 15 is 0 Å². The van der Waals surface area contributed by atoms with E-state index in [0.717, 1.165) is 22.2 Å². The van der Waals surface area contributed by atoms with Gasteiger partial charge in [0, 0.05) is 11.1 Å². The molecular formula is C15H13NO2. The topological polar surface area (TPSA) is 46.3 Å².